The van der Waals surface area contributed by atoms with Crippen molar-refractivity contribution in [3.05, 3.63) is 59.0 Å². The van der Waals surface area contributed by atoms with Gasteiger partial charge in [0, 0.05) is 24.0 Å². The van der Waals surface area contributed by atoms with Gasteiger partial charge in [0.15, 0.2) is 5.69 Å². The largest absolute Gasteiger partial charge is 0.421 e. The minimum Gasteiger partial charge on any atom is -0.421 e. The van der Waals surface area contributed by atoms with E-state index in [9.17, 15) is 18.0 Å². The van der Waals surface area contributed by atoms with Gasteiger partial charge >= 0.3 is 5.63 Å². The number of hydrogen-bond acceptors (Lipinski definition) is 6. The molecule has 3 aromatic rings. The van der Waals surface area contributed by atoms with Crippen LogP contribution in [0, 0.1) is 5.92 Å². The van der Waals surface area contributed by atoms with E-state index in [-0.39, 0.29) is 22.4 Å². The van der Waals surface area contributed by atoms with Crippen LogP contribution in [-0.4, -0.2) is 20.9 Å². The zero-order valence-electron chi connectivity index (χ0n) is 17.6. The molecule has 0 aliphatic heterocycles. The molecule has 9 heteroatoms. The van der Waals surface area contributed by atoms with Crippen LogP contribution < -0.4 is 21.0 Å². The highest BCUT2D eigenvalue weighted by Crippen LogP contribution is 2.30. The lowest BCUT2D eigenvalue weighted by Gasteiger charge is -2.14. The first-order valence-electron chi connectivity index (χ1n) is 9.93. The molecule has 0 fully saturated rings. The van der Waals surface area contributed by atoms with Crippen LogP contribution in [0.2, 0.25) is 0 Å². The molecule has 1 amide bonds. The molecule has 0 bridgehead atoms. The van der Waals surface area contributed by atoms with Gasteiger partial charge in [-0.05, 0) is 49.2 Å². The lowest BCUT2D eigenvalue weighted by atomic mass is 10.1. The van der Waals surface area contributed by atoms with E-state index in [1.807, 2.05) is 20.8 Å². The number of carbonyl (C=O) groups excluding carboxylic acids is 1. The average Bonchev–Trinajstić information content (AvgIpc) is 2.70. The van der Waals surface area contributed by atoms with E-state index < -0.39 is 15.6 Å². The van der Waals surface area contributed by atoms with E-state index in [2.05, 4.69) is 15.4 Å². The van der Waals surface area contributed by atoms with Gasteiger partial charge in [-0.25, -0.2) is 13.2 Å². The van der Waals surface area contributed by atoms with E-state index in [1.54, 1.807) is 24.3 Å². The van der Waals surface area contributed by atoms with Gasteiger partial charge in [-0.15, -0.1) is 0 Å². The Hall–Kier alpha value is -3.33. The van der Waals surface area contributed by atoms with Gasteiger partial charge < -0.3 is 15.1 Å². The Morgan fingerprint density at radius 1 is 1.03 bits per heavy atom. The van der Waals surface area contributed by atoms with Crippen LogP contribution in [0.5, 0.6) is 0 Å². The summed E-state index contributed by atoms with van der Waals surface area (Å²) in [6.45, 7) is 6.19. The first-order chi connectivity index (χ1) is 14.7. The molecule has 31 heavy (non-hydrogen) atoms. The summed E-state index contributed by atoms with van der Waals surface area (Å²) < 4.78 is 33.5. The first kappa shape index (κ1) is 22.4. The van der Waals surface area contributed by atoms with Crippen LogP contribution in [0.15, 0.2) is 62.6 Å². The van der Waals surface area contributed by atoms with E-state index in [0.717, 1.165) is 0 Å². The Morgan fingerprint density at radius 3 is 2.35 bits per heavy atom. The first-order valence-corrected chi connectivity index (χ1v) is 11.4. The quantitative estimate of drug-likeness (QED) is 0.453. The Bertz CT molecular complexity index is 1250. The molecule has 0 radical (unpaired) electrons. The zero-order valence-corrected chi connectivity index (χ0v) is 18.4. The fraction of sp³-hybridized carbons (Fsp3) is 0.273. The summed E-state index contributed by atoms with van der Waals surface area (Å²) in [4.78, 5) is 24.4. The van der Waals surface area contributed by atoms with E-state index in [1.165, 1.54) is 24.3 Å². The normalized spacial score (nSPS) is 11.5. The molecule has 1 aromatic heterocycles. The summed E-state index contributed by atoms with van der Waals surface area (Å²) in [5, 5.41) is 6.36. The van der Waals surface area contributed by atoms with Crippen LogP contribution in [0.3, 0.4) is 0 Å². The molecular weight excluding hydrogens is 418 g/mol. The number of anilines is 3. The van der Waals surface area contributed by atoms with Gasteiger partial charge in [0.05, 0.1) is 10.6 Å². The van der Waals surface area contributed by atoms with Crippen LogP contribution >= 0.6 is 0 Å². The Balaban J connectivity index is 1.91. The predicted octanol–water partition coefficient (Wildman–Crippen LogP) is 4.01. The minimum atomic E-state index is -4.07. The number of rotatable bonds is 8. The van der Waals surface area contributed by atoms with Gasteiger partial charge in [-0.2, -0.15) is 0 Å². The summed E-state index contributed by atoms with van der Waals surface area (Å²) in [5.74, 6) is 0.0659. The van der Waals surface area contributed by atoms with Crippen molar-refractivity contribution in [2.45, 2.75) is 32.1 Å². The average molecular weight is 444 g/mol. The molecule has 3 rings (SSSR count). The van der Waals surface area contributed by atoms with Gasteiger partial charge in [-0.1, -0.05) is 26.0 Å². The molecule has 0 aliphatic carbocycles. The highest BCUT2D eigenvalue weighted by atomic mass is 32.2. The number of amides is 1. The van der Waals surface area contributed by atoms with E-state index >= 15 is 0 Å². The molecule has 8 nitrogen and oxygen atoms in total. The van der Waals surface area contributed by atoms with Crippen molar-refractivity contribution in [3.63, 3.8) is 0 Å². The molecular formula is C22H25N3O5S. The van der Waals surface area contributed by atoms with Gasteiger partial charge in [0.1, 0.15) is 5.58 Å². The maximum atomic E-state index is 12.9. The van der Waals surface area contributed by atoms with Crippen molar-refractivity contribution in [2.75, 3.05) is 21.9 Å². The Kier molecular flexibility index (Phi) is 6.65. The molecule has 0 spiro atoms. The second-order valence-corrected chi connectivity index (χ2v) is 9.12. The van der Waals surface area contributed by atoms with Crippen molar-refractivity contribution >= 4 is 44.0 Å². The number of carbonyl (C=O) groups is 1. The third-order valence-electron chi connectivity index (χ3n) is 4.45. The van der Waals surface area contributed by atoms with Crippen LogP contribution in [0.4, 0.5) is 17.1 Å². The van der Waals surface area contributed by atoms with Crippen LogP contribution in [0.1, 0.15) is 27.2 Å². The number of fused-ring (bicyclic) bond motifs is 1. The molecule has 0 saturated heterocycles. The smallest absolute Gasteiger partial charge is 0.363 e. The summed E-state index contributed by atoms with van der Waals surface area (Å²) in [6, 6.07) is 12.6. The van der Waals surface area contributed by atoms with Crippen LogP contribution in [0.25, 0.3) is 11.0 Å². The number of nitrogens with one attached hydrogen (secondary N) is 3. The Labute approximate surface area is 180 Å². The van der Waals surface area contributed by atoms with Crippen molar-refractivity contribution in [1.29, 1.82) is 0 Å². The fourth-order valence-corrected chi connectivity index (χ4v) is 4.16. The lowest BCUT2D eigenvalue weighted by Crippen LogP contribution is -2.21. The summed E-state index contributed by atoms with van der Waals surface area (Å²) in [7, 11) is -4.07. The topological polar surface area (TPSA) is 118 Å². The maximum absolute atomic E-state index is 12.9. The highest BCUT2D eigenvalue weighted by Gasteiger charge is 2.21. The van der Waals surface area contributed by atoms with Crippen molar-refractivity contribution < 1.29 is 17.6 Å². The maximum Gasteiger partial charge on any atom is 0.363 e. The van der Waals surface area contributed by atoms with Gasteiger partial charge in [0.25, 0.3) is 10.0 Å². The zero-order chi connectivity index (χ0) is 22.6. The third-order valence-corrected chi connectivity index (χ3v) is 5.81. The van der Waals surface area contributed by atoms with Crippen molar-refractivity contribution in [2.24, 2.45) is 5.92 Å². The fourth-order valence-electron chi connectivity index (χ4n) is 3.10. The third kappa shape index (κ3) is 5.24. The second kappa shape index (κ2) is 9.22. The van der Waals surface area contributed by atoms with Gasteiger partial charge in [-0.3, -0.25) is 9.52 Å². The summed E-state index contributed by atoms with van der Waals surface area (Å²) in [5.41, 5.74) is 0.220. The van der Waals surface area contributed by atoms with Crippen LogP contribution in [-0.2, 0) is 14.8 Å². The molecule has 0 aliphatic rings. The molecule has 164 valence electrons. The van der Waals surface area contributed by atoms with E-state index in [0.29, 0.717) is 35.3 Å². The van der Waals surface area contributed by atoms with Crippen molar-refractivity contribution in [1.82, 2.24) is 0 Å². The number of para-hydroxylation sites is 1. The molecule has 2 aromatic carbocycles. The minimum absolute atomic E-state index is 0.0515. The molecule has 0 atom stereocenters. The summed E-state index contributed by atoms with van der Waals surface area (Å²) in [6.07, 6.45) is 0.368. The monoisotopic (exact) mass is 443 g/mol. The standard InChI is InChI=1S/C22H25N3O5S/c1-4-23-20-17-7-5-6-8-18(17)30-22(27)21(20)25-31(28,29)16-11-9-15(10-12-16)24-19(26)13-14(2)3/h5-12,14,23,25H,4,13H2,1-3H3,(H,24,26). The molecule has 3 N–H and O–H groups in total. The van der Waals surface area contributed by atoms with Crippen molar-refractivity contribution in [3.8, 4) is 0 Å². The molecule has 0 saturated carbocycles. The summed E-state index contributed by atoms with van der Waals surface area (Å²) >= 11 is 0. The number of hydrogen-bond donors (Lipinski definition) is 3. The Morgan fingerprint density at radius 2 is 1.71 bits per heavy atom. The second-order valence-electron chi connectivity index (χ2n) is 7.44. The lowest BCUT2D eigenvalue weighted by molar-refractivity contribution is -0.116. The SMILES string of the molecule is CCNc1c(NS(=O)(=O)c2ccc(NC(=O)CC(C)C)cc2)c(=O)oc2ccccc12. The highest BCUT2D eigenvalue weighted by molar-refractivity contribution is 7.92. The van der Waals surface area contributed by atoms with E-state index in [4.69, 9.17) is 4.42 Å². The predicted molar refractivity (Wildman–Crippen MR) is 122 cm³/mol. The van der Waals surface area contributed by atoms with Gasteiger partial charge in [0.2, 0.25) is 5.91 Å². The molecule has 0 unspecified atom stereocenters. The number of benzene rings is 2. The molecule has 1 heterocycles. The number of sulfonamides is 1.